The van der Waals surface area contributed by atoms with Gasteiger partial charge in [-0.3, -0.25) is 0 Å². The smallest absolute Gasteiger partial charge is 0.119 e. The van der Waals surface area contributed by atoms with Crippen LogP contribution >= 0.6 is 0 Å². The van der Waals surface area contributed by atoms with Crippen molar-refractivity contribution in [3.63, 3.8) is 0 Å². The van der Waals surface area contributed by atoms with Crippen molar-refractivity contribution in [3.8, 4) is 5.75 Å². The highest BCUT2D eigenvalue weighted by atomic mass is 16.5. The largest absolute Gasteiger partial charge is 0.497 e. The lowest BCUT2D eigenvalue weighted by atomic mass is 10.1. The first-order valence-corrected chi connectivity index (χ1v) is 7.93. The standard InChI is InChI=1S/C21H18N2O/c1-23-19-9-5-3-7-17(19)21(18-8-4-6-10-20(18)23)22-15-11-13-16(24-2)14-12-15/h3-14H,1-2H3. The number of aryl methyl sites for hydroxylation is 1. The number of nitrogens with zero attached hydrogens (tertiary/aromatic N) is 2. The SMILES string of the molecule is COc1ccc(N=c2c3ccccc3n(C)c3ccccc23)cc1. The monoisotopic (exact) mass is 314 g/mol. The molecule has 0 radical (unpaired) electrons. The molecular weight excluding hydrogens is 296 g/mol. The Kier molecular flexibility index (Phi) is 3.54. The fourth-order valence-electron chi connectivity index (χ4n) is 3.11. The van der Waals surface area contributed by atoms with Crippen molar-refractivity contribution >= 4 is 27.5 Å². The van der Waals surface area contributed by atoms with Crippen molar-refractivity contribution < 1.29 is 4.74 Å². The number of benzene rings is 3. The average molecular weight is 314 g/mol. The van der Waals surface area contributed by atoms with Gasteiger partial charge in [0.1, 0.15) is 5.75 Å². The molecule has 0 atom stereocenters. The number of pyridine rings is 1. The zero-order chi connectivity index (χ0) is 16.5. The predicted octanol–water partition coefficient (Wildman–Crippen LogP) is 4.57. The van der Waals surface area contributed by atoms with Crippen molar-refractivity contribution in [2.45, 2.75) is 0 Å². The summed E-state index contributed by atoms with van der Waals surface area (Å²) >= 11 is 0. The maximum Gasteiger partial charge on any atom is 0.119 e. The molecule has 4 aromatic rings. The zero-order valence-corrected chi connectivity index (χ0v) is 13.7. The Hall–Kier alpha value is -3.07. The second-order valence-corrected chi connectivity index (χ2v) is 5.75. The van der Waals surface area contributed by atoms with Crippen LogP contribution in [0.25, 0.3) is 21.8 Å². The summed E-state index contributed by atoms with van der Waals surface area (Å²) in [5.41, 5.74) is 3.26. The van der Waals surface area contributed by atoms with E-state index >= 15 is 0 Å². The van der Waals surface area contributed by atoms with E-state index in [0.717, 1.165) is 27.6 Å². The Morgan fingerprint density at radius 2 is 1.29 bits per heavy atom. The van der Waals surface area contributed by atoms with Crippen LogP contribution in [0.3, 0.4) is 0 Å². The summed E-state index contributed by atoms with van der Waals surface area (Å²) in [5, 5.41) is 3.30. The first kappa shape index (κ1) is 14.5. The molecule has 4 rings (SSSR count). The van der Waals surface area contributed by atoms with Gasteiger partial charge in [0.15, 0.2) is 0 Å². The Bertz CT molecular complexity index is 1030. The van der Waals surface area contributed by atoms with Crippen LogP contribution in [-0.2, 0) is 7.05 Å². The number of para-hydroxylation sites is 2. The third-order valence-electron chi connectivity index (χ3n) is 4.35. The first-order chi connectivity index (χ1) is 11.8. The maximum absolute atomic E-state index is 5.23. The lowest BCUT2D eigenvalue weighted by molar-refractivity contribution is 0.415. The highest BCUT2D eigenvalue weighted by Crippen LogP contribution is 2.21. The molecular formula is C21H18N2O. The quantitative estimate of drug-likeness (QED) is 0.498. The minimum atomic E-state index is 0.836. The van der Waals surface area contributed by atoms with Gasteiger partial charge < -0.3 is 9.30 Å². The molecule has 0 N–H and O–H groups in total. The molecule has 0 bridgehead atoms. The lowest BCUT2D eigenvalue weighted by Gasteiger charge is -2.11. The molecule has 3 heteroatoms. The van der Waals surface area contributed by atoms with Gasteiger partial charge in [0.2, 0.25) is 0 Å². The summed E-state index contributed by atoms with van der Waals surface area (Å²) in [5.74, 6) is 0.836. The van der Waals surface area contributed by atoms with Gasteiger partial charge in [0.05, 0.1) is 29.2 Å². The Labute approximate surface area is 140 Å². The molecule has 1 heterocycles. The Balaban J connectivity index is 2.11. The van der Waals surface area contributed by atoms with Crippen LogP contribution < -0.4 is 10.1 Å². The van der Waals surface area contributed by atoms with Crippen molar-refractivity contribution in [2.24, 2.45) is 12.0 Å². The molecule has 0 aliphatic heterocycles. The fraction of sp³-hybridized carbons (Fsp3) is 0.0952. The second kappa shape index (κ2) is 5.85. The van der Waals surface area contributed by atoms with E-state index in [-0.39, 0.29) is 0 Å². The van der Waals surface area contributed by atoms with E-state index in [1.54, 1.807) is 7.11 Å². The molecule has 0 unspecified atom stereocenters. The molecule has 0 aliphatic rings. The molecule has 0 spiro atoms. The molecule has 0 amide bonds. The molecule has 0 saturated carbocycles. The summed E-state index contributed by atoms with van der Waals surface area (Å²) in [4.78, 5) is 4.95. The van der Waals surface area contributed by atoms with Gasteiger partial charge in [-0.15, -0.1) is 0 Å². The predicted molar refractivity (Wildman–Crippen MR) is 98.6 cm³/mol. The minimum Gasteiger partial charge on any atom is -0.497 e. The summed E-state index contributed by atoms with van der Waals surface area (Å²) in [6.45, 7) is 0. The molecule has 3 aromatic carbocycles. The van der Waals surface area contributed by atoms with E-state index < -0.39 is 0 Å². The van der Waals surface area contributed by atoms with E-state index in [0.29, 0.717) is 0 Å². The summed E-state index contributed by atoms with van der Waals surface area (Å²) < 4.78 is 7.45. The van der Waals surface area contributed by atoms with Crippen molar-refractivity contribution in [2.75, 3.05) is 7.11 Å². The van der Waals surface area contributed by atoms with Crippen LogP contribution in [0.4, 0.5) is 5.69 Å². The van der Waals surface area contributed by atoms with E-state index in [2.05, 4.69) is 60.1 Å². The minimum absolute atomic E-state index is 0.836. The van der Waals surface area contributed by atoms with Crippen molar-refractivity contribution in [3.05, 3.63) is 78.2 Å². The van der Waals surface area contributed by atoms with Crippen LogP contribution in [0.1, 0.15) is 0 Å². The molecule has 1 aromatic heterocycles. The number of ether oxygens (including phenoxy) is 1. The Morgan fingerprint density at radius 1 is 0.750 bits per heavy atom. The van der Waals surface area contributed by atoms with E-state index in [1.807, 2.05) is 24.3 Å². The van der Waals surface area contributed by atoms with Gasteiger partial charge in [-0.25, -0.2) is 4.99 Å². The van der Waals surface area contributed by atoms with Gasteiger partial charge in [-0.1, -0.05) is 36.4 Å². The third kappa shape index (κ3) is 2.35. The van der Waals surface area contributed by atoms with Crippen LogP contribution in [0.5, 0.6) is 5.75 Å². The number of methoxy groups -OCH3 is 1. The molecule has 0 aliphatic carbocycles. The molecule has 118 valence electrons. The van der Waals surface area contributed by atoms with Crippen LogP contribution in [0, 0.1) is 0 Å². The normalized spacial score (nSPS) is 10.9. The number of fused-ring (bicyclic) bond motifs is 2. The number of hydrogen-bond donors (Lipinski definition) is 0. The molecule has 24 heavy (non-hydrogen) atoms. The third-order valence-corrected chi connectivity index (χ3v) is 4.35. The van der Waals surface area contributed by atoms with Gasteiger partial charge in [0.25, 0.3) is 0 Å². The summed E-state index contributed by atoms with van der Waals surface area (Å²) in [6.07, 6.45) is 0. The maximum atomic E-state index is 5.23. The Morgan fingerprint density at radius 3 is 1.83 bits per heavy atom. The topological polar surface area (TPSA) is 26.5 Å². The lowest BCUT2D eigenvalue weighted by Crippen LogP contribution is -2.10. The average Bonchev–Trinajstić information content (AvgIpc) is 2.65. The number of rotatable bonds is 2. The first-order valence-electron chi connectivity index (χ1n) is 7.93. The summed E-state index contributed by atoms with van der Waals surface area (Å²) in [6, 6.07) is 24.6. The molecule has 0 fully saturated rings. The van der Waals surface area contributed by atoms with Crippen molar-refractivity contribution in [1.82, 2.24) is 4.57 Å². The van der Waals surface area contributed by atoms with Gasteiger partial charge in [-0.2, -0.15) is 0 Å². The molecule has 0 saturated heterocycles. The molecule has 3 nitrogen and oxygen atoms in total. The van der Waals surface area contributed by atoms with Crippen LogP contribution in [0.15, 0.2) is 77.8 Å². The van der Waals surface area contributed by atoms with Gasteiger partial charge >= 0.3 is 0 Å². The van der Waals surface area contributed by atoms with Crippen LogP contribution in [0.2, 0.25) is 0 Å². The van der Waals surface area contributed by atoms with Gasteiger partial charge in [0, 0.05) is 17.8 Å². The highest BCUT2D eigenvalue weighted by molar-refractivity contribution is 5.93. The zero-order valence-electron chi connectivity index (χ0n) is 13.7. The van der Waals surface area contributed by atoms with E-state index in [1.165, 1.54) is 11.0 Å². The fourth-order valence-corrected chi connectivity index (χ4v) is 3.11. The van der Waals surface area contributed by atoms with E-state index in [9.17, 15) is 0 Å². The van der Waals surface area contributed by atoms with Crippen molar-refractivity contribution in [1.29, 1.82) is 0 Å². The number of aromatic nitrogens is 1. The second-order valence-electron chi connectivity index (χ2n) is 5.75. The highest BCUT2D eigenvalue weighted by Gasteiger charge is 2.06. The number of hydrogen-bond acceptors (Lipinski definition) is 2. The van der Waals surface area contributed by atoms with Crippen LogP contribution in [-0.4, -0.2) is 11.7 Å². The van der Waals surface area contributed by atoms with Gasteiger partial charge in [-0.05, 0) is 36.4 Å². The summed E-state index contributed by atoms with van der Waals surface area (Å²) in [7, 11) is 3.77. The van der Waals surface area contributed by atoms with E-state index in [4.69, 9.17) is 9.73 Å².